The molecule has 65 heavy (non-hydrogen) atoms. The van der Waals surface area contributed by atoms with E-state index in [9.17, 15) is 24.3 Å². The van der Waals surface area contributed by atoms with Crippen LogP contribution in [-0.4, -0.2) is 109 Å². The van der Waals surface area contributed by atoms with Gasteiger partial charge in [0, 0.05) is 68.0 Å². The van der Waals surface area contributed by atoms with Crippen LogP contribution in [0.3, 0.4) is 0 Å². The summed E-state index contributed by atoms with van der Waals surface area (Å²) >= 11 is 0. The quantitative estimate of drug-likeness (QED) is 0.117. The van der Waals surface area contributed by atoms with Crippen LogP contribution in [0.5, 0.6) is 5.75 Å². The van der Waals surface area contributed by atoms with Gasteiger partial charge in [-0.1, -0.05) is 46.8 Å². The number of nitrogens with one attached hydrogen (secondary N) is 2. The molecule has 6 bridgehead atoms. The van der Waals surface area contributed by atoms with Gasteiger partial charge in [-0.05, 0) is 122 Å². The third-order valence-corrected chi connectivity index (χ3v) is 16.2. The van der Waals surface area contributed by atoms with Crippen molar-refractivity contribution >= 4 is 43.2 Å². The van der Waals surface area contributed by atoms with Crippen LogP contribution in [0.2, 0.25) is 0 Å². The van der Waals surface area contributed by atoms with Crippen LogP contribution < -0.4 is 10.4 Å². The van der Waals surface area contributed by atoms with Crippen molar-refractivity contribution in [1.29, 1.82) is 0 Å². The monoisotopic (exact) mass is 905 g/mol. The van der Waals surface area contributed by atoms with E-state index >= 15 is 0 Å². The van der Waals surface area contributed by atoms with Gasteiger partial charge in [-0.15, -0.1) is 0 Å². The number of cyclic esters (lactones) is 1. The number of benzene rings is 2. The van der Waals surface area contributed by atoms with E-state index < -0.39 is 37.8 Å². The van der Waals surface area contributed by atoms with Crippen LogP contribution in [0.15, 0.2) is 54.7 Å². The number of aromatic hydroxyl groups is 1. The molecule has 2 aromatic heterocycles. The van der Waals surface area contributed by atoms with Gasteiger partial charge in [0.05, 0.1) is 29.5 Å². The molecule has 4 aromatic rings. The van der Waals surface area contributed by atoms with Gasteiger partial charge in [0.15, 0.2) is 0 Å². The lowest BCUT2D eigenvalue weighted by molar-refractivity contribution is -0.154. The average molecular weight is 906 g/mol. The number of phenols is 1. The second kappa shape index (κ2) is 18.3. The second-order valence-electron chi connectivity index (χ2n) is 19.9. The first-order valence-corrected chi connectivity index (χ1v) is 24.9. The maximum Gasteiger partial charge on any atom is 0.313 e. The Morgan fingerprint density at radius 1 is 1.12 bits per heavy atom. The fourth-order valence-corrected chi connectivity index (χ4v) is 12.3. The Hall–Kier alpha value is -5.09. The van der Waals surface area contributed by atoms with E-state index in [-0.39, 0.29) is 59.8 Å². The topological polar surface area (TPSA) is 165 Å². The highest BCUT2D eigenvalue weighted by Gasteiger charge is 2.63. The molecule has 2 aromatic carbocycles. The van der Waals surface area contributed by atoms with E-state index in [2.05, 4.69) is 60.0 Å². The summed E-state index contributed by atoms with van der Waals surface area (Å²) in [6.07, 6.45) is 3.88. The highest BCUT2D eigenvalue weighted by atomic mass is 28.3. The molecule has 8 rings (SSSR count). The molecule has 3 amide bonds. The molecule has 1 unspecified atom stereocenters. The van der Waals surface area contributed by atoms with Crippen molar-refractivity contribution < 1.29 is 38.5 Å². The third-order valence-electron chi connectivity index (χ3n) is 14.1. The van der Waals surface area contributed by atoms with Gasteiger partial charge in [0.25, 0.3) is 14.9 Å². The maximum atomic E-state index is 14.9. The highest BCUT2D eigenvalue weighted by Crippen LogP contribution is 2.53. The number of methoxy groups -OCH3 is 1. The molecule has 3 aliphatic heterocycles. The lowest BCUT2D eigenvalue weighted by atomic mass is 9.84. The first kappa shape index (κ1) is 46.4. The van der Waals surface area contributed by atoms with Crippen molar-refractivity contribution in [2.75, 3.05) is 33.9 Å². The molecule has 3 N–H and O–H groups in total. The number of carbonyl (C=O) groups excluding carboxylic acids is 4. The van der Waals surface area contributed by atoms with Crippen molar-refractivity contribution in [3.05, 3.63) is 71.5 Å². The Morgan fingerprint density at radius 2 is 1.91 bits per heavy atom. The molecular weight excluding hydrogens is 841 g/mol. The summed E-state index contributed by atoms with van der Waals surface area (Å²) in [4.78, 5) is 66.9. The van der Waals surface area contributed by atoms with E-state index in [1.54, 1.807) is 37.5 Å². The van der Waals surface area contributed by atoms with Gasteiger partial charge in [-0.2, -0.15) is 0 Å². The number of likely N-dealkylation sites (N-methyl/N-ethyl adjacent to an activating group) is 1. The van der Waals surface area contributed by atoms with E-state index in [0.717, 1.165) is 51.0 Å². The lowest BCUT2D eigenvalue weighted by Crippen LogP contribution is -2.61. The second-order valence-corrected chi connectivity index (χ2v) is 21.9. The standard InChI is InChI=1S/C50H65N6O8Si/c1-10-55-39-15-14-33-24-37(39)38(43(55)36-13-11-18-51-41(36)31(5)62-9)25-49(6,7)28-64-47(60)50-17-12-19-56(52-40(50)26-50)48(61)65(27-32-21-34(33)23-35(57)22-32)53-45(58)42(29(2)3)54(8)46(59)44-30(4)16-20-63-44/h11,13-15,18,21-24,29-31,40,42,44,52,57H,10,12,16-17,19-20,25-28H2,1-9H3,(H,53,58)/t30-,31-,40?,42-,44+,50+/m0/s1. The number of aromatic nitrogens is 2. The molecular formula is C50H65N6O8Si. The Labute approximate surface area is 384 Å². The number of phenolic OH excluding ortho intramolecular Hbond substituents is 1. The van der Waals surface area contributed by atoms with Crippen molar-refractivity contribution in [3.8, 4) is 28.1 Å². The SMILES string of the molecule is CCn1c(-c2cccnc2[C@H](C)OC)c2c3cc(ccc31)-c1cc(O)cc(c1)C[Si](NC(=O)[C@H](C(C)C)N(C)C(=O)[C@@H]1OCC[C@@H]1C)C(=O)N1CCC[C@]3(CC3N1)C(=O)OCC(C)(C)C2. The number of rotatable bonds is 9. The Kier molecular flexibility index (Phi) is 13.1. The van der Waals surface area contributed by atoms with Crippen molar-refractivity contribution in [2.45, 2.75) is 117 Å². The predicted octanol–water partition coefficient (Wildman–Crippen LogP) is 7.09. The number of fused-ring (bicyclic) bond motifs is 5. The van der Waals surface area contributed by atoms with Crippen LogP contribution in [0, 0.1) is 22.7 Å². The van der Waals surface area contributed by atoms with Crippen LogP contribution in [0.4, 0.5) is 4.79 Å². The minimum atomic E-state index is -2.51. The number of carbonyl (C=O) groups is 4. The van der Waals surface area contributed by atoms with E-state index in [1.165, 1.54) is 4.90 Å². The fourth-order valence-electron chi connectivity index (χ4n) is 10.4. The molecule has 5 heterocycles. The molecule has 1 radical (unpaired) electrons. The van der Waals surface area contributed by atoms with Crippen LogP contribution in [0.25, 0.3) is 33.3 Å². The molecule has 2 saturated heterocycles. The molecule has 1 saturated carbocycles. The molecule has 6 atom stereocenters. The van der Waals surface area contributed by atoms with Gasteiger partial charge in [0.1, 0.15) is 17.9 Å². The molecule has 4 aliphatic rings. The van der Waals surface area contributed by atoms with Crippen LogP contribution in [0.1, 0.15) is 97.1 Å². The van der Waals surface area contributed by atoms with Crippen molar-refractivity contribution in [1.82, 2.24) is 29.9 Å². The number of ether oxygens (including phenoxy) is 3. The van der Waals surface area contributed by atoms with Crippen molar-refractivity contribution in [3.63, 3.8) is 0 Å². The maximum absolute atomic E-state index is 14.9. The zero-order valence-electron chi connectivity index (χ0n) is 39.3. The van der Waals surface area contributed by atoms with E-state index in [0.29, 0.717) is 50.9 Å². The first-order chi connectivity index (χ1) is 31.0. The molecule has 1 aliphatic carbocycles. The van der Waals surface area contributed by atoms with Gasteiger partial charge in [-0.3, -0.25) is 29.2 Å². The number of aryl methyl sites for hydroxylation is 1. The zero-order chi connectivity index (χ0) is 46.5. The number of esters is 1. The third kappa shape index (κ3) is 8.96. The molecule has 14 nitrogen and oxygen atoms in total. The number of amides is 3. The van der Waals surface area contributed by atoms with Gasteiger partial charge in [-0.25, -0.2) is 5.43 Å². The van der Waals surface area contributed by atoms with Gasteiger partial charge >= 0.3 is 5.97 Å². The Bertz CT molecular complexity index is 2490. The Morgan fingerprint density at radius 3 is 2.62 bits per heavy atom. The minimum Gasteiger partial charge on any atom is -0.508 e. The minimum absolute atomic E-state index is 0.0208. The van der Waals surface area contributed by atoms with Crippen LogP contribution in [-0.2, 0) is 47.6 Å². The normalized spacial score (nSPS) is 24.5. The molecule has 0 spiro atoms. The number of hydrogen-bond donors (Lipinski definition) is 3. The molecule has 15 heteroatoms. The van der Waals surface area contributed by atoms with Crippen molar-refractivity contribution in [2.24, 2.45) is 22.7 Å². The average Bonchev–Trinajstić information content (AvgIpc) is 3.74. The van der Waals surface area contributed by atoms with Crippen LogP contribution >= 0.6 is 0 Å². The summed E-state index contributed by atoms with van der Waals surface area (Å²) in [6, 6.07) is 14.7. The van der Waals surface area contributed by atoms with E-state index in [4.69, 9.17) is 19.2 Å². The molecule has 3 fully saturated rings. The van der Waals surface area contributed by atoms with E-state index in [1.807, 2.05) is 39.8 Å². The van der Waals surface area contributed by atoms with Gasteiger partial charge in [0.2, 0.25) is 11.4 Å². The summed E-state index contributed by atoms with van der Waals surface area (Å²) < 4.78 is 20.2. The smallest absolute Gasteiger partial charge is 0.313 e. The predicted molar refractivity (Wildman–Crippen MR) is 250 cm³/mol. The summed E-state index contributed by atoms with van der Waals surface area (Å²) in [5, 5.41) is 14.0. The summed E-state index contributed by atoms with van der Waals surface area (Å²) in [7, 11) is 0.808. The Balaban J connectivity index is 1.24. The number of hydrazine groups is 1. The zero-order valence-corrected chi connectivity index (χ0v) is 40.3. The molecule has 347 valence electrons. The summed E-state index contributed by atoms with van der Waals surface area (Å²) in [6.45, 7) is 15.8. The van der Waals surface area contributed by atoms with Gasteiger partial charge < -0.3 is 33.8 Å². The lowest BCUT2D eigenvalue weighted by Gasteiger charge is -2.34. The first-order valence-electron chi connectivity index (χ1n) is 23.2. The largest absolute Gasteiger partial charge is 0.508 e. The summed E-state index contributed by atoms with van der Waals surface area (Å²) in [5.41, 5.74) is 9.10. The number of hydrogen-bond acceptors (Lipinski definition) is 10. The summed E-state index contributed by atoms with van der Waals surface area (Å²) in [5.74, 6) is -1.16. The fraction of sp³-hybridized carbons (Fsp3) is 0.540. The highest BCUT2D eigenvalue weighted by molar-refractivity contribution is 6.88. The number of pyridine rings is 1. The number of nitrogens with zero attached hydrogens (tertiary/aromatic N) is 4.